The molecule has 0 aliphatic heterocycles. The largest absolute Gasteiger partial charge is 0.304 e. The van der Waals surface area contributed by atoms with Gasteiger partial charge in [0, 0.05) is 23.7 Å². The van der Waals surface area contributed by atoms with Crippen molar-refractivity contribution in [2.45, 2.75) is 45.8 Å². The van der Waals surface area contributed by atoms with E-state index in [0.717, 1.165) is 23.1 Å². The van der Waals surface area contributed by atoms with Crippen LogP contribution in [0.25, 0.3) is 0 Å². The van der Waals surface area contributed by atoms with Crippen molar-refractivity contribution >= 4 is 27.3 Å². The summed E-state index contributed by atoms with van der Waals surface area (Å²) in [5, 5.41) is 11.2. The molecule has 104 valence electrons. The third-order valence-electron chi connectivity index (χ3n) is 2.91. The summed E-state index contributed by atoms with van der Waals surface area (Å²) in [5.41, 5.74) is 1.13. The number of hydrogen-bond acceptors (Lipinski definition) is 4. The van der Waals surface area contributed by atoms with E-state index in [-0.39, 0.29) is 6.04 Å². The van der Waals surface area contributed by atoms with Crippen LogP contribution in [0.5, 0.6) is 0 Å². The molecule has 0 unspecified atom stereocenters. The van der Waals surface area contributed by atoms with Crippen LogP contribution in [0.3, 0.4) is 0 Å². The molecule has 2 aromatic heterocycles. The lowest BCUT2D eigenvalue weighted by molar-refractivity contribution is 0.409. The van der Waals surface area contributed by atoms with Crippen LogP contribution in [0, 0.1) is 0 Å². The van der Waals surface area contributed by atoms with Crippen LogP contribution >= 0.6 is 27.3 Å². The van der Waals surface area contributed by atoms with Gasteiger partial charge in [0.15, 0.2) is 0 Å². The molecular formula is C13H19BrN4S. The normalized spacial score (nSPS) is 14.5. The molecule has 0 aliphatic carbocycles. The first-order valence-corrected chi connectivity index (χ1v) is 8.14. The molecule has 1 N–H and O–H groups in total. The summed E-state index contributed by atoms with van der Waals surface area (Å²) in [6.07, 6.45) is 4.80. The molecule has 0 bridgehead atoms. The number of rotatable bonds is 6. The van der Waals surface area contributed by atoms with Crippen LogP contribution in [0.4, 0.5) is 0 Å². The second-order valence-corrected chi connectivity index (χ2v) is 6.55. The van der Waals surface area contributed by atoms with Gasteiger partial charge in [0.25, 0.3) is 0 Å². The highest BCUT2D eigenvalue weighted by atomic mass is 79.9. The lowest BCUT2D eigenvalue weighted by Gasteiger charge is -2.18. The maximum absolute atomic E-state index is 4.62. The smallest absolute Gasteiger partial charge is 0.0926 e. The minimum Gasteiger partial charge on any atom is -0.304 e. The summed E-state index contributed by atoms with van der Waals surface area (Å²) in [4.78, 5) is 4.62. The first-order chi connectivity index (χ1) is 9.08. The molecule has 2 heterocycles. The zero-order valence-corrected chi connectivity index (χ0v) is 13.8. The van der Waals surface area contributed by atoms with Crippen molar-refractivity contribution in [3.05, 3.63) is 32.9 Å². The van der Waals surface area contributed by atoms with Crippen LogP contribution < -0.4 is 5.32 Å². The summed E-state index contributed by atoms with van der Waals surface area (Å²) in [6, 6.07) is 0.610. The lowest BCUT2D eigenvalue weighted by atomic mass is 10.2. The van der Waals surface area contributed by atoms with Crippen LogP contribution in [-0.2, 0) is 13.0 Å². The van der Waals surface area contributed by atoms with E-state index in [0.29, 0.717) is 6.04 Å². The molecule has 0 saturated heterocycles. The quantitative estimate of drug-likeness (QED) is 0.874. The Labute approximate surface area is 126 Å². The summed E-state index contributed by atoms with van der Waals surface area (Å²) in [6.45, 7) is 7.31. The zero-order valence-electron chi connectivity index (χ0n) is 11.4. The van der Waals surface area contributed by atoms with Gasteiger partial charge in [-0.05, 0) is 36.2 Å². The van der Waals surface area contributed by atoms with E-state index < -0.39 is 0 Å². The van der Waals surface area contributed by atoms with E-state index >= 15 is 0 Å². The molecule has 2 atom stereocenters. The number of halogens is 1. The molecule has 0 spiro atoms. The highest BCUT2D eigenvalue weighted by Gasteiger charge is 2.13. The summed E-state index contributed by atoms with van der Waals surface area (Å²) >= 11 is 5.15. The Bertz CT molecular complexity index is 522. The molecular weight excluding hydrogens is 324 g/mol. The van der Waals surface area contributed by atoms with E-state index in [4.69, 9.17) is 0 Å². The number of aromatic nitrogens is 3. The van der Waals surface area contributed by atoms with Gasteiger partial charge in [-0.3, -0.25) is 4.68 Å². The molecule has 0 aromatic carbocycles. The molecule has 0 aliphatic rings. The molecule has 6 heteroatoms. The topological polar surface area (TPSA) is 42.7 Å². The second kappa shape index (κ2) is 6.63. The molecule has 2 aromatic rings. The van der Waals surface area contributed by atoms with Gasteiger partial charge in [0.1, 0.15) is 0 Å². The predicted molar refractivity (Wildman–Crippen MR) is 82.4 cm³/mol. The predicted octanol–water partition coefficient (Wildman–Crippen LogP) is 3.40. The first-order valence-electron chi connectivity index (χ1n) is 6.46. The fourth-order valence-electron chi connectivity index (χ4n) is 1.97. The van der Waals surface area contributed by atoms with Crippen molar-refractivity contribution in [3.63, 3.8) is 0 Å². The van der Waals surface area contributed by atoms with Gasteiger partial charge in [0.05, 0.1) is 27.9 Å². The average molecular weight is 343 g/mol. The van der Waals surface area contributed by atoms with Crippen molar-refractivity contribution in [2.24, 2.45) is 0 Å². The minimum absolute atomic E-state index is 0.269. The Morgan fingerprint density at radius 1 is 1.47 bits per heavy atom. The Morgan fingerprint density at radius 3 is 2.84 bits per heavy atom. The Hall–Kier alpha value is -0.720. The summed E-state index contributed by atoms with van der Waals surface area (Å²) in [7, 11) is 0. The highest BCUT2D eigenvalue weighted by molar-refractivity contribution is 9.10. The van der Waals surface area contributed by atoms with Crippen molar-refractivity contribution < 1.29 is 0 Å². The van der Waals surface area contributed by atoms with Crippen molar-refractivity contribution in [1.82, 2.24) is 20.1 Å². The molecule has 0 fully saturated rings. The Kier molecular flexibility index (Phi) is 5.13. The monoisotopic (exact) mass is 342 g/mol. The maximum Gasteiger partial charge on any atom is 0.0926 e. The molecule has 0 amide bonds. The molecule has 0 radical (unpaired) electrons. The van der Waals surface area contributed by atoms with E-state index in [2.05, 4.69) is 57.5 Å². The van der Waals surface area contributed by atoms with Crippen molar-refractivity contribution in [3.8, 4) is 0 Å². The van der Waals surface area contributed by atoms with Crippen LogP contribution in [0.1, 0.15) is 37.5 Å². The number of nitrogens with zero attached hydrogens (tertiary/aromatic N) is 3. The van der Waals surface area contributed by atoms with Crippen molar-refractivity contribution in [1.29, 1.82) is 0 Å². The number of thiazole rings is 1. The average Bonchev–Trinajstić information content (AvgIpc) is 2.98. The number of nitrogens with one attached hydrogen (secondary N) is 1. The zero-order chi connectivity index (χ0) is 13.8. The standard InChI is InChI=1S/C13H19BrN4S/c1-4-13-17-12(8-19-13)10(3)16-9(2)6-18-7-11(14)5-15-18/h5,7-10,16H,4,6H2,1-3H3/t9-,10+/m1/s1. The van der Waals surface area contributed by atoms with E-state index in [1.54, 1.807) is 11.3 Å². The molecule has 0 saturated carbocycles. The van der Waals surface area contributed by atoms with Gasteiger partial charge in [0.2, 0.25) is 0 Å². The van der Waals surface area contributed by atoms with Crippen LogP contribution in [0.15, 0.2) is 22.2 Å². The summed E-state index contributed by atoms with van der Waals surface area (Å²) < 4.78 is 2.95. The highest BCUT2D eigenvalue weighted by Crippen LogP contribution is 2.17. The number of hydrogen-bond donors (Lipinski definition) is 1. The van der Waals surface area contributed by atoms with E-state index in [1.807, 2.05) is 17.1 Å². The van der Waals surface area contributed by atoms with Crippen LogP contribution in [-0.4, -0.2) is 20.8 Å². The maximum atomic E-state index is 4.62. The molecule has 4 nitrogen and oxygen atoms in total. The number of aryl methyl sites for hydroxylation is 1. The van der Waals surface area contributed by atoms with Gasteiger partial charge in [-0.15, -0.1) is 11.3 Å². The Morgan fingerprint density at radius 2 is 2.26 bits per heavy atom. The SMILES string of the molecule is CCc1nc([C@H](C)N[C@H](C)Cn2cc(Br)cn2)cs1. The molecule has 19 heavy (non-hydrogen) atoms. The molecule has 2 rings (SSSR count). The van der Waals surface area contributed by atoms with Gasteiger partial charge < -0.3 is 5.32 Å². The van der Waals surface area contributed by atoms with Gasteiger partial charge in [-0.1, -0.05) is 6.92 Å². The third-order valence-corrected chi connectivity index (χ3v) is 4.33. The fraction of sp³-hybridized carbons (Fsp3) is 0.538. The van der Waals surface area contributed by atoms with Gasteiger partial charge >= 0.3 is 0 Å². The van der Waals surface area contributed by atoms with E-state index in [9.17, 15) is 0 Å². The summed E-state index contributed by atoms with van der Waals surface area (Å²) in [5.74, 6) is 0. The fourth-order valence-corrected chi connectivity index (χ4v) is 3.14. The third kappa shape index (κ3) is 4.12. The van der Waals surface area contributed by atoms with E-state index in [1.165, 1.54) is 5.01 Å². The lowest BCUT2D eigenvalue weighted by Crippen LogP contribution is -2.33. The van der Waals surface area contributed by atoms with Gasteiger partial charge in [-0.25, -0.2) is 4.98 Å². The first kappa shape index (κ1) is 14.7. The van der Waals surface area contributed by atoms with Crippen LogP contribution in [0.2, 0.25) is 0 Å². The Balaban J connectivity index is 1.89. The minimum atomic E-state index is 0.269. The van der Waals surface area contributed by atoms with Gasteiger partial charge in [-0.2, -0.15) is 5.10 Å². The van der Waals surface area contributed by atoms with Crippen molar-refractivity contribution in [2.75, 3.05) is 0 Å². The second-order valence-electron chi connectivity index (χ2n) is 4.69.